The molecule has 3 aromatic rings. The molecule has 0 radical (unpaired) electrons. The van der Waals surface area contributed by atoms with Crippen LogP contribution in [0.3, 0.4) is 0 Å². The molecular formula is C20H20N4O2. The highest BCUT2D eigenvalue weighted by Gasteiger charge is 2.19. The zero-order chi connectivity index (χ0) is 17.8. The number of aromatic nitrogens is 4. The van der Waals surface area contributed by atoms with E-state index in [4.69, 9.17) is 14.5 Å². The first kappa shape index (κ1) is 16.4. The number of methoxy groups -OCH3 is 1. The second-order valence-corrected chi connectivity index (χ2v) is 6.20. The van der Waals surface area contributed by atoms with E-state index in [0.717, 1.165) is 48.3 Å². The molecule has 0 unspecified atom stereocenters. The summed E-state index contributed by atoms with van der Waals surface area (Å²) >= 11 is 0. The minimum absolute atomic E-state index is 0.385. The van der Waals surface area contributed by atoms with E-state index in [1.807, 2.05) is 24.3 Å². The highest BCUT2D eigenvalue weighted by atomic mass is 16.5. The number of fused-ring (bicyclic) bond motifs is 1. The van der Waals surface area contributed by atoms with Gasteiger partial charge in [0.25, 0.3) is 0 Å². The lowest BCUT2D eigenvalue weighted by atomic mass is 9.91. The molecule has 0 saturated heterocycles. The van der Waals surface area contributed by atoms with Crippen molar-refractivity contribution in [2.75, 3.05) is 7.11 Å². The minimum atomic E-state index is 0.385. The van der Waals surface area contributed by atoms with Gasteiger partial charge in [0, 0.05) is 23.5 Å². The quantitative estimate of drug-likeness (QED) is 0.704. The molecule has 0 aromatic carbocycles. The Morgan fingerprint density at radius 3 is 2.81 bits per heavy atom. The number of aryl methyl sites for hydroxylation is 1. The Bertz CT molecular complexity index is 900. The Morgan fingerprint density at radius 1 is 1.04 bits per heavy atom. The summed E-state index contributed by atoms with van der Waals surface area (Å²) in [4.78, 5) is 17.8. The largest absolute Gasteiger partial charge is 0.480 e. The van der Waals surface area contributed by atoms with Crippen molar-refractivity contribution in [2.45, 2.75) is 32.3 Å². The van der Waals surface area contributed by atoms with Gasteiger partial charge in [-0.2, -0.15) is 0 Å². The molecule has 3 heterocycles. The highest BCUT2D eigenvalue weighted by Crippen LogP contribution is 2.33. The zero-order valence-corrected chi connectivity index (χ0v) is 14.7. The maximum Gasteiger partial charge on any atom is 0.232 e. The third-order valence-electron chi connectivity index (χ3n) is 4.47. The Balaban J connectivity index is 1.69. The summed E-state index contributed by atoms with van der Waals surface area (Å²) in [5.41, 5.74) is 5.01. The molecule has 0 bridgehead atoms. The van der Waals surface area contributed by atoms with Crippen LogP contribution in [0.4, 0.5) is 0 Å². The molecule has 0 spiro atoms. The smallest absolute Gasteiger partial charge is 0.232 e. The third kappa shape index (κ3) is 3.49. The normalized spacial score (nSPS) is 13.1. The zero-order valence-electron chi connectivity index (χ0n) is 14.7. The van der Waals surface area contributed by atoms with E-state index in [0.29, 0.717) is 18.4 Å². The van der Waals surface area contributed by atoms with Gasteiger partial charge in [-0.15, -0.1) is 0 Å². The number of rotatable bonds is 5. The highest BCUT2D eigenvalue weighted by molar-refractivity contribution is 5.66. The average molecular weight is 348 g/mol. The van der Waals surface area contributed by atoms with Crippen LogP contribution >= 0.6 is 0 Å². The van der Waals surface area contributed by atoms with Crippen LogP contribution in [0.2, 0.25) is 0 Å². The van der Waals surface area contributed by atoms with E-state index in [1.165, 1.54) is 5.56 Å². The Labute approximate surface area is 152 Å². The van der Waals surface area contributed by atoms with E-state index in [1.54, 1.807) is 25.7 Å². The van der Waals surface area contributed by atoms with E-state index in [2.05, 4.69) is 15.0 Å². The van der Waals surface area contributed by atoms with Crippen LogP contribution in [0.5, 0.6) is 11.8 Å². The van der Waals surface area contributed by atoms with Crippen molar-refractivity contribution in [3.8, 4) is 23.0 Å². The molecule has 0 fully saturated rings. The second kappa shape index (κ2) is 7.47. The average Bonchev–Trinajstić information content (AvgIpc) is 2.72. The first-order chi connectivity index (χ1) is 12.8. The van der Waals surface area contributed by atoms with Crippen LogP contribution in [-0.2, 0) is 19.4 Å². The molecule has 0 aliphatic heterocycles. The van der Waals surface area contributed by atoms with Crippen molar-refractivity contribution in [1.29, 1.82) is 0 Å². The monoisotopic (exact) mass is 348 g/mol. The van der Waals surface area contributed by atoms with Crippen molar-refractivity contribution in [3.63, 3.8) is 0 Å². The number of pyridine rings is 2. The van der Waals surface area contributed by atoms with Gasteiger partial charge in [0.15, 0.2) is 0 Å². The van der Waals surface area contributed by atoms with E-state index in [-0.39, 0.29) is 0 Å². The molecule has 1 aliphatic rings. The van der Waals surface area contributed by atoms with E-state index < -0.39 is 0 Å². The van der Waals surface area contributed by atoms with Gasteiger partial charge in [0.05, 0.1) is 30.9 Å². The Morgan fingerprint density at radius 2 is 1.96 bits per heavy atom. The molecule has 3 aromatic heterocycles. The molecule has 6 nitrogen and oxygen atoms in total. The number of hydrogen-bond donors (Lipinski definition) is 0. The number of hydrogen-bond acceptors (Lipinski definition) is 6. The molecule has 6 heteroatoms. The summed E-state index contributed by atoms with van der Waals surface area (Å²) in [6.07, 6.45) is 9.39. The van der Waals surface area contributed by atoms with Crippen molar-refractivity contribution in [1.82, 2.24) is 19.9 Å². The van der Waals surface area contributed by atoms with Crippen molar-refractivity contribution >= 4 is 0 Å². The number of nitrogens with zero attached hydrogens (tertiary/aromatic N) is 4. The second-order valence-electron chi connectivity index (χ2n) is 6.20. The first-order valence-corrected chi connectivity index (χ1v) is 8.75. The minimum Gasteiger partial charge on any atom is -0.480 e. The third-order valence-corrected chi connectivity index (χ3v) is 4.47. The summed E-state index contributed by atoms with van der Waals surface area (Å²) in [5, 5.41) is 0. The molecule has 0 atom stereocenters. The fourth-order valence-corrected chi connectivity index (χ4v) is 3.19. The van der Waals surface area contributed by atoms with Gasteiger partial charge in [-0.25, -0.2) is 9.97 Å². The summed E-state index contributed by atoms with van der Waals surface area (Å²) in [6, 6.07) is 7.73. The lowest BCUT2D eigenvalue weighted by Crippen LogP contribution is -2.10. The topological polar surface area (TPSA) is 70.0 Å². The standard InChI is InChI=1S/C20H20N4O2/c1-25-20-12-21-11-18(24-20)16-10-19(23-17-8-3-2-7-15(16)17)26-13-14-6-4-5-9-22-14/h4-6,9-12H,2-3,7-8,13H2,1H3. The maximum atomic E-state index is 5.92. The van der Waals surface area contributed by atoms with Gasteiger partial charge in [0.1, 0.15) is 6.61 Å². The fraction of sp³-hybridized carbons (Fsp3) is 0.300. The van der Waals surface area contributed by atoms with Crippen LogP contribution < -0.4 is 9.47 Å². The summed E-state index contributed by atoms with van der Waals surface area (Å²) in [6.45, 7) is 0.385. The molecule has 26 heavy (non-hydrogen) atoms. The molecule has 0 saturated carbocycles. The van der Waals surface area contributed by atoms with E-state index >= 15 is 0 Å². The first-order valence-electron chi connectivity index (χ1n) is 8.75. The van der Waals surface area contributed by atoms with Gasteiger partial charge in [0.2, 0.25) is 11.8 Å². The van der Waals surface area contributed by atoms with Crippen LogP contribution in [0.15, 0.2) is 42.9 Å². The lowest BCUT2D eigenvalue weighted by Gasteiger charge is -2.20. The fourth-order valence-electron chi connectivity index (χ4n) is 3.19. The lowest BCUT2D eigenvalue weighted by molar-refractivity contribution is 0.288. The van der Waals surface area contributed by atoms with Crippen LogP contribution in [0.1, 0.15) is 29.8 Å². The molecular weight excluding hydrogens is 328 g/mol. The van der Waals surface area contributed by atoms with Crippen LogP contribution in [0.25, 0.3) is 11.3 Å². The van der Waals surface area contributed by atoms with Gasteiger partial charge in [-0.1, -0.05) is 6.07 Å². The molecule has 0 N–H and O–H groups in total. The molecule has 4 rings (SSSR count). The predicted molar refractivity (Wildman–Crippen MR) is 97.0 cm³/mol. The van der Waals surface area contributed by atoms with Gasteiger partial charge < -0.3 is 9.47 Å². The summed E-state index contributed by atoms with van der Waals surface area (Å²) < 4.78 is 11.2. The van der Waals surface area contributed by atoms with Crippen molar-refractivity contribution in [3.05, 3.63) is 59.8 Å². The SMILES string of the molecule is COc1cncc(-c2cc(OCc3ccccn3)nc3c2CCCC3)n1. The number of ether oxygens (including phenoxy) is 2. The Kier molecular flexibility index (Phi) is 4.73. The molecule has 1 aliphatic carbocycles. The summed E-state index contributed by atoms with van der Waals surface area (Å²) in [5.74, 6) is 1.09. The van der Waals surface area contributed by atoms with E-state index in [9.17, 15) is 0 Å². The molecule has 0 amide bonds. The van der Waals surface area contributed by atoms with Crippen LogP contribution in [0, 0.1) is 0 Å². The van der Waals surface area contributed by atoms with Crippen molar-refractivity contribution < 1.29 is 9.47 Å². The van der Waals surface area contributed by atoms with Gasteiger partial charge in [-0.3, -0.25) is 9.97 Å². The van der Waals surface area contributed by atoms with Crippen molar-refractivity contribution in [2.24, 2.45) is 0 Å². The summed E-state index contributed by atoms with van der Waals surface area (Å²) in [7, 11) is 1.59. The Hall–Kier alpha value is -3.02. The van der Waals surface area contributed by atoms with Gasteiger partial charge >= 0.3 is 0 Å². The van der Waals surface area contributed by atoms with Gasteiger partial charge in [-0.05, 0) is 43.4 Å². The molecule has 132 valence electrons. The predicted octanol–water partition coefficient (Wildman–Crippen LogP) is 3.40. The van der Waals surface area contributed by atoms with Crippen LogP contribution in [-0.4, -0.2) is 27.0 Å². The maximum absolute atomic E-state index is 5.92.